The summed E-state index contributed by atoms with van der Waals surface area (Å²) in [7, 11) is 0. The maximum atomic E-state index is 12.5. The molecule has 0 radical (unpaired) electrons. The number of ether oxygens (including phenoxy) is 1. The molecule has 0 atom stereocenters. The van der Waals surface area contributed by atoms with Crippen LogP contribution in [-0.4, -0.2) is 22.7 Å². The van der Waals surface area contributed by atoms with Gasteiger partial charge in [-0.25, -0.2) is 9.79 Å². The Morgan fingerprint density at radius 2 is 2.00 bits per heavy atom. The Morgan fingerprint density at radius 3 is 2.79 bits per heavy atom. The number of aliphatic imine (C=N–C) groups is 1. The Kier molecular flexibility index (Phi) is 5.04. The molecule has 0 saturated carbocycles. The second-order valence-electron chi connectivity index (χ2n) is 5.99. The molecule has 28 heavy (non-hydrogen) atoms. The van der Waals surface area contributed by atoms with Crippen molar-refractivity contribution in [2.45, 2.75) is 6.92 Å². The number of hydrogen-bond acceptors (Lipinski definition) is 6. The van der Waals surface area contributed by atoms with Crippen LogP contribution in [0.25, 0.3) is 16.8 Å². The number of rotatable bonds is 4. The number of carbonyl (C=O) groups excluding carboxylic acids is 1. The third-order valence-electron chi connectivity index (χ3n) is 4.18. The Morgan fingerprint density at radius 1 is 1.18 bits per heavy atom. The number of furan rings is 1. The lowest BCUT2D eigenvalue weighted by molar-refractivity contribution is -0.138. The van der Waals surface area contributed by atoms with Crippen molar-refractivity contribution in [3.63, 3.8) is 0 Å². The van der Waals surface area contributed by atoms with E-state index in [2.05, 4.69) is 0 Å². The van der Waals surface area contributed by atoms with E-state index in [0.717, 1.165) is 16.5 Å². The second-order valence-corrected chi connectivity index (χ2v) is 7.02. The van der Waals surface area contributed by atoms with Crippen LogP contribution in [0.4, 0.5) is 5.69 Å². The molecular formula is C22H17NO4S. The number of nitrogens with zero attached hydrogens (tertiary/aromatic N) is 1. The van der Waals surface area contributed by atoms with Gasteiger partial charge in [0.25, 0.3) is 0 Å². The highest BCUT2D eigenvalue weighted by Crippen LogP contribution is 2.41. The summed E-state index contributed by atoms with van der Waals surface area (Å²) in [4.78, 5) is 17.7. The number of carbonyl (C=O) groups is 1. The molecule has 0 spiro atoms. The van der Waals surface area contributed by atoms with Crippen molar-refractivity contribution in [1.82, 2.24) is 0 Å². The molecule has 4 rings (SSSR count). The number of fused-ring (bicyclic) bond motifs is 1. The second kappa shape index (κ2) is 7.78. The van der Waals surface area contributed by atoms with Crippen molar-refractivity contribution in [2.24, 2.45) is 4.99 Å². The van der Waals surface area contributed by atoms with Crippen molar-refractivity contribution in [2.75, 3.05) is 6.61 Å². The van der Waals surface area contributed by atoms with Gasteiger partial charge in [-0.3, -0.25) is 0 Å². The third-order valence-corrected chi connectivity index (χ3v) is 5.20. The highest BCUT2D eigenvalue weighted by molar-refractivity contribution is 8.18. The molecule has 1 aliphatic rings. The number of aliphatic hydroxyl groups is 1. The molecular weight excluding hydrogens is 374 g/mol. The number of aliphatic hydroxyl groups excluding tert-OH is 1. The first-order chi connectivity index (χ1) is 13.7. The molecule has 0 saturated heterocycles. The van der Waals surface area contributed by atoms with Gasteiger partial charge < -0.3 is 14.3 Å². The summed E-state index contributed by atoms with van der Waals surface area (Å²) in [5.41, 5.74) is 0.784. The molecule has 3 aromatic rings. The average molecular weight is 391 g/mol. The smallest absolute Gasteiger partial charge is 0.344 e. The topological polar surface area (TPSA) is 72.0 Å². The Labute approximate surface area is 166 Å². The van der Waals surface area contributed by atoms with Gasteiger partial charge in [0.1, 0.15) is 22.1 Å². The van der Waals surface area contributed by atoms with Crippen molar-refractivity contribution >= 4 is 45.3 Å². The lowest BCUT2D eigenvalue weighted by atomic mass is 10.1. The normalized spacial score (nSPS) is 17.0. The van der Waals surface area contributed by atoms with Crippen LogP contribution in [-0.2, 0) is 9.53 Å². The average Bonchev–Trinajstić information content (AvgIpc) is 3.31. The highest BCUT2D eigenvalue weighted by Gasteiger charge is 2.33. The molecule has 2 aromatic carbocycles. The van der Waals surface area contributed by atoms with Gasteiger partial charge in [-0.1, -0.05) is 48.2 Å². The van der Waals surface area contributed by atoms with E-state index in [4.69, 9.17) is 14.1 Å². The third kappa shape index (κ3) is 3.46. The van der Waals surface area contributed by atoms with Crippen molar-refractivity contribution in [1.29, 1.82) is 0 Å². The minimum Gasteiger partial charge on any atom is -0.506 e. The molecule has 0 fully saturated rings. The molecule has 140 valence electrons. The van der Waals surface area contributed by atoms with Crippen LogP contribution in [0.1, 0.15) is 12.7 Å². The van der Waals surface area contributed by atoms with E-state index in [1.54, 1.807) is 31.4 Å². The Balaban J connectivity index is 1.82. The van der Waals surface area contributed by atoms with Crippen molar-refractivity contribution < 1.29 is 19.1 Å². The van der Waals surface area contributed by atoms with Gasteiger partial charge in [-0.15, -0.1) is 0 Å². The molecule has 1 aromatic heterocycles. The Bertz CT molecular complexity index is 1120. The standard InChI is InChI=1S/C22H17NO4S/c1-2-26-22(25)19-20(24)18(13-15-9-6-12-27-15)28-21(19)23-17-11-5-8-14-7-3-4-10-16(14)17/h3-13,24H,2H2,1H3/b18-13-,23-21?. The molecule has 0 aliphatic carbocycles. The minimum absolute atomic E-state index is 0.0672. The van der Waals surface area contributed by atoms with Crippen LogP contribution >= 0.6 is 11.8 Å². The number of thioether (sulfide) groups is 1. The van der Waals surface area contributed by atoms with Gasteiger partial charge in [-0.2, -0.15) is 0 Å². The molecule has 6 heteroatoms. The van der Waals surface area contributed by atoms with E-state index >= 15 is 0 Å². The van der Waals surface area contributed by atoms with Crippen LogP contribution < -0.4 is 0 Å². The van der Waals surface area contributed by atoms with Crippen LogP contribution in [0.3, 0.4) is 0 Å². The molecule has 1 N–H and O–H groups in total. The van der Waals surface area contributed by atoms with Gasteiger partial charge in [-0.05, 0) is 36.6 Å². The monoisotopic (exact) mass is 391 g/mol. The minimum atomic E-state index is -0.602. The number of hydrogen-bond donors (Lipinski definition) is 1. The summed E-state index contributed by atoms with van der Waals surface area (Å²) in [6.07, 6.45) is 3.22. The number of esters is 1. The maximum absolute atomic E-state index is 12.5. The van der Waals surface area contributed by atoms with Gasteiger partial charge in [0.15, 0.2) is 0 Å². The quantitative estimate of drug-likeness (QED) is 0.584. The fourth-order valence-corrected chi connectivity index (χ4v) is 3.92. The van der Waals surface area contributed by atoms with E-state index in [1.165, 1.54) is 11.8 Å². The molecule has 2 heterocycles. The van der Waals surface area contributed by atoms with Gasteiger partial charge in [0.05, 0.1) is 23.5 Å². The zero-order chi connectivity index (χ0) is 19.5. The van der Waals surface area contributed by atoms with Gasteiger partial charge in [0.2, 0.25) is 0 Å². The first-order valence-electron chi connectivity index (χ1n) is 8.78. The summed E-state index contributed by atoms with van der Waals surface area (Å²) in [6.45, 7) is 1.93. The largest absolute Gasteiger partial charge is 0.506 e. The van der Waals surface area contributed by atoms with Crippen LogP contribution in [0.2, 0.25) is 0 Å². The van der Waals surface area contributed by atoms with Gasteiger partial charge in [0, 0.05) is 5.39 Å². The van der Waals surface area contributed by atoms with E-state index in [1.807, 2.05) is 42.5 Å². The predicted molar refractivity (Wildman–Crippen MR) is 112 cm³/mol. The van der Waals surface area contributed by atoms with Crippen LogP contribution in [0.15, 0.2) is 86.5 Å². The maximum Gasteiger partial charge on any atom is 0.344 e. The summed E-state index contributed by atoms with van der Waals surface area (Å²) >= 11 is 1.21. The highest BCUT2D eigenvalue weighted by atomic mass is 32.2. The molecule has 0 bridgehead atoms. The summed E-state index contributed by atoms with van der Waals surface area (Å²) in [5.74, 6) is -0.183. The van der Waals surface area contributed by atoms with Crippen molar-refractivity contribution in [3.05, 3.63) is 82.9 Å². The lowest BCUT2D eigenvalue weighted by Crippen LogP contribution is -2.12. The zero-order valence-corrected chi connectivity index (χ0v) is 15.9. The van der Waals surface area contributed by atoms with E-state index in [-0.39, 0.29) is 17.9 Å². The van der Waals surface area contributed by atoms with Crippen LogP contribution in [0.5, 0.6) is 0 Å². The molecule has 5 nitrogen and oxygen atoms in total. The SMILES string of the molecule is CCOC(=O)C1=C(O)/C(=C/c2ccco2)SC1=Nc1cccc2ccccc12. The number of benzene rings is 2. The fraction of sp³-hybridized carbons (Fsp3) is 0.0909. The first kappa shape index (κ1) is 18.1. The summed E-state index contributed by atoms with van der Waals surface area (Å²) in [5, 5.41) is 13.1. The molecule has 0 amide bonds. The first-order valence-corrected chi connectivity index (χ1v) is 9.59. The fourth-order valence-electron chi connectivity index (χ4n) is 2.91. The summed E-state index contributed by atoms with van der Waals surface area (Å²) < 4.78 is 10.5. The lowest BCUT2D eigenvalue weighted by Gasteiger charge is -2.05. The van der Waals surface area contributed by atoms with Gasteiger partial charge >= 0.3 is 5.97 Å². The van der Waals surface area contributed by atoms with Crippen molar-refractivity contribution in [3.8, 4) is 0 Å². The zero-order valence-electron chi connectivity index (χ0n) is 15.1. The predicted octanol–water partition coefficient (Wildman–Crippen LogP) is 5.63. The molecule has 0 unspecified atom stereocenters. The molecule has 1 aliphatic heterocycles. The van der Waals surface area contributed by atoms with E-state index in [0.29, 0.717) is 15.7 Å². The van der Waals surface area contributed by atoms with E-state index in [9.17, 15) is 9.90 Å². The summed E-state index contributed by atoms with van der Waals surface area (Å²) in [6, 6.07) is 17.2. The van der Waals surface area contributed by atoms with E-state index < -0.39 is 5.97 Å². The Hall–Kier alpha value is -3.25. The van der Waals surface area contributed by atoms with Crippen LogP contribution in [0, 0.1) is 0 Å².